The lowest BCUT2D eigenvalue weighted by Gasteiger charge is -2.28. The van der Waals surface area contributed by atoms with Crippen molar-refractivity contribution in [2.24, 2.45) is 5.41 Å². The van der Waals surface area contributed by atoms with E-state index >= 15 is 0 Å². The quantitative estimate of drug-likeness (QED) is 0.561. The summed E-state index contributed by atoms with van der Waals surface area (Å²) < 4.78 is 0. The van der Waals surface area contributed by atoms with E-state index in [2.05, 4.69) is 0 Å². The second-order valence-corrected chi connectivity index (χ2v) is 3.43. The minimum Gasteiger partial charge on any atom is -1.00 e. The van der Waals surface area contributed by atoms with Crippen LogP contribution in [0, 0.1) is 5.41 Å². The topological polar surface area (TPSA) is 37.3 Å². The van der Waals surface area contributed by atoms with Crippen molar-refractivity contribution in [3.63, 3.8) is 0 Å². The Morgan fingerprint density at radius 2 is 1.73 bits per heavy atom. The van der Waals surface area contributed by atoms with Gasteiger partial charge in [-0.15, -0.1) is 0 Å². The maximum atomic E-state index is 10.7. The fourth-order valence-corrected chi connectivity index (χ4v) is 1.55. The van der Waals surface area contributed by atoms with Crippen LogP contribution in [0.2, 0.25) is 0 Å². The normalized spacial score (nSPS) is 21.9. The van der Waals surface area contributed by atoms with Gasteiger partial charge in [-0.05, 0) is 19.8 Å². The third-order valence-electron chi connectivity index (χ3n) is 2.47. The van der Waals surface area contributed by atoms with Gasteiger partial charge in [0.15, 0.2) is 0 Å². The molecule has 0 aromatic rings. The molecule has 66 valence electrons. The zero-order valence-electron chi connectivity index (χ0n) is 6.77. The summed E-state index contributed by atoms with van der Waals surface area (Å²) in [4.78, 5) is 10.7. The standard InChI is InChI=1S/C8H14O2.ClH/c1-8(7(9)10)5-3-2-4-6-8;/h2-6H2,1H3,(H,9,10);1H/p-1. The molecule has 0 aromatic carbocycles. The Bertz CT molecular complexity index is 139. The highest BCUT2D eigenvalue weighted by molar-refractivity contribution is 5.74. The van der Waals surface area contributed by atoms with E-state index in [1.54, 1.807) is 0 Å². The average Bonchev–Trinajstić information content (AvgIpc) is 1.89. The molecule has 0 radical (unpaired) electrons. The van der Waals surface area contributed by atoms with Gasteiger partial charge in [0.1, 0.15) is 0 Å². The van der Waals surface area contributed by atoms with Gasteiger partial charge in [-0.1, -0.05) is 19.3 Å². The molecule has 0 bridgehead atoms. The minimum absolute atomic E-state index is 0. The predicted octanol–water partition coefficient (Wildman–Crippen LogP) is -0.955. The number of hydrogen-bond donors (Lipinski definition) is 1. The lowest BCUT2D eigenvalue weighted by atomic mass is 9.76. The van der Waals surface area contributed by atoms with E-state index in [9.17, 15) is 4.79 Å². The van der Waals surface area contributed by atoms with E-state index in [1.807, 2.05) is 6.92 Å². The number of carboxylic acid groups (broad SMARTS) is 1. The van der Waals surface area contributed by atoms with Crippen molar-refractivity contribution in [1.29, 1.82) is 0 Å². The van der Waals surface area contributed by atoms with Crippen molar-refractivity contribution in [2.45, 2.75) is 39.0 Å². The van der Waals surface area contributed by atoms with E-state index in [4.69, 9.17) is 5.11 Å². The summed E-state index contributed by atoms with van der Waals surface area (Å²) in [6.45, 7) is 1.86. The monoisotopic (exact) mass is 177 g/mol. The van der Waals surface area contributed by atoms with Gasteiger partial charge in [0, 0.05) is 0 Å². The first-order chi connectivity index (χ1) is 4.65. The van der Waals surface area contributed by atoms with Crippen LogP contribution in [0.3, 0.4) is 0 Å². The molecule has 1 fully saturated rings. The molecule has 3 heteroatoms. The van der Waals surface area contributed by atoms with E-state index < -0.39 is 11.4 Å². The number of aliphatic carboxylic acids is 1. The van der Waals surface area contributed by atoms with Gasteiger partial charge >= 0.3 is 5.97 Å². The number of carboxylic acids is 1. The molecule has 2 nitrogen and oxygen atoms in total. The molecule has 0 heterocycles. The first-order valence-corrected chi connectivity index (χ1v) is 3.88. The summed E-state index contributed by atoms with van der Waals surface area (Å²) in [6.07, 6.45) is 5.11. The molecule has 0 spiro atoms. The molecular weight excluding hydrogens is 164 g/mol. The zero-order chi connectivity index (χ0) is 7.61. The van der Waals surface area contributed by atoms with Crippen LogP contribution in [0.1, 0.15) is 39.0 Å². The molecule has 0 amide bonds. The van der Waals surface area contributed by atoms with Crippen molar-refractivity contribution in [2.75, 3.05) is 0 Å². The zero-order valence-corrected chi connectivity index (χ0v) is 7.52. The van der Waals surface area contributed by atoms with Gasteiger partial charge < -0.3 is 17.5 Å². The molecule has 0 aliphatic heterocycles. The summed E-state index contributed by atoms with van der Waals surface area (Å²) in [7, 11) is 0. The summed E-state index contributed by atoms with van der Waals surface area (Å²) in [6, 6.07) is 0. The van der Waals surface area contributed by atoms with E-state index in [0.717, 1.165) is 25.7 Å². The fourth-order valence-electron chi connectivity index (χ4n) is 1.55. The lowest BCUT2D eigenvalue weighted by Crippen LogP contribution is -3.00. The Morgan fingerprint density at radius 3 is 2.00 bits per heavy atom. The van der Waals surface area contributed by atoms with Crippen molar-refractivity contribution in [3.8, 4) is 0 Å². The van der Waals surface area contributed by atoms with E-state index in [0.29, 0.717) is 0 Å². The second kappa shape index (κ2) is 3.96. The van der Waals surface area contributed by atoms with Crippen LogP contribution in [0.5, 0.6) is 0 Å². The largest absolute Gasteiger partial charge is 1.00 e. The Balaban J connectivity index is 0.000001000. The first-order valence-electron chi connectivity index (χ1n) is 3.88. The molecule has 1 N–H and O–H groups in total. The Hall–Kier alpha value is -0.240. The van der Waals surface area contributed by atoms with Gasteiger partial charge in [-0.2, -0.15) is 0 Å². The van der Waals surface area contributed by atoms with Gasteiger partial charge in [0.2, 0.25) is 0 Å². The summed E-state index contributed by atoms with van der Waals surface area (Å²) in [5.74, 6) is -0.618. The first kappa shape index (κ1) is 10.8. The molecule has 1 aliphatic rings. The SMILES string of the molecule is CC1(C(=O)O)CCCCC1.[Cl-]. The molecule has 1 saturated carbocycles. The van der Waals surface area contributed by atoms with Gasteiger partial charge in [-0.25, -0.2) is 0 Å². The molecule has 0 unspecified atom stereocenters. The molecule has 11 heavy (non-hydrogen) atoms. The molecular formula is C8H14ClO2-. The fraction of sp³-hybridized carbons (Fsp3) is 0.875. The number of rotatable bonds is 1. The summed E-state index contributed by atoms with van der Waals surface area (Å²) in [5.41, 5.74) is -0.405. The Morgan fingerprint density at radius 1 is 1.27 bits per heavy atom. The summed E-state index contributed by atoms with van der Waals surface area (Å²) >= 11 is 0. The van der Waals surface area contributed by atoms with Crippen LogP contribution >= 0.6 is 0 Å². The van der Waals surface area contributed by atoms with Crippen LogP contribution in [-0.2, 0) is 4.79 Å². The van der Waals surface area contributed by atoms with Crippen LogP contribution in [0.4, 0.5) is 0 Å². The third-order valence-corrected chi connectivity index (χ3v) is 2.47. The highest BCUT2D eigenvalue weighted by atomic mass is 35.5. The predicted molar refractivity (Wildman–Crippen MR) is 38.8 cm³/mol. The van der Waals surface area contributed by atoms with Gasteiger partial charge in [0.05, 0.1) is 5.41 Å². The average molecular weight is 178 g/mol. The van der Waals surface area contributed by atoms with E-state index in [1.165, 1.54) is 6.42 Å². The van der Waals surface area contributed by atoms with E-state index in [-0.39, 0.29) is 12.4 Å². The Kier molecular flexibility index (Phi) is 3.87. The van der Waals surface area contributed by atoms with Crippen LogP contribution in [-0.4, -0.2) is 11.1 Å². The van der Waals surface area contributed by atoms with Crippen molar-refractivity contribution >= 4 is 5.97 Å². The maximum absolute atomic E-state index is 10.7. The second-order valence-electron chi connectivity index (χ2n) is 3.43. The number of carbonyl (C=O) groups is 1. The van der Waals surface area contributed by atoms with Crippen molar-refractivity contribution < 1.29 is 22.3 Å². The van der Waals surface area contributed by atoms with Gasteiger partial charge in [-0.3, -0.25) is 4.79 Å². The maximum Gasteiger partial charge on any atom is 0.309 e. The highest BCUT2D eigenvalue weighted by Gasteiger charge is 2.33. The minimum atomic E-state index is -0.618. The van der Waals surface area contributed by atoms with Gasteiger partial charge in [0.25, 0.3) is 0 Å². The van der Waals surface area contributed by atoms with Crippen molar-refractivity contribution in [1.82, 2.24) is 0 Å². The summed E-state index contributed by atoms with van der Waals surface area (Å²) in [5, 5.41) is 8.80. The molecule has 0 saturated heterocycles. The smallest absolute Gasteiger partial charge is 0.309 e. The van der Waals surface area contributed by atoms with Crippen LogP contribution < -0.4 is 12.4 Å². The molecule has 1 rings (SSSR count). The lowest BCUT2D eigenvalue weighted by molar-refractivity contribution is -0.149. The molecule has 0 atom stereocenters. The molecule has 0 aromatic heterocycles. The highest BCUT2D eigenvalue weighted by Crippen LogP contribution is 2.35. The van der Waals surface area contributed by atoms with Crippen LogP contribution in [0.15, 0.2) is 0 Å². The molecule has 1 aliphatic carbocycles. The van der Waals surface area contributed by atoms with Crippen LogP contribution in [0.25, 0.3) is 0 Å². The number of hydrogen-bond acceptors (Lipinski definition) is 1. The van der Waals surface area contributed by atoms with Crippen molar-refractivity contribution in [3.05, 3.63) is 0 Å². The third kappa shape index (κ3) is 2.37. The Labute approximate surface area is 73.4 Å². The number of halogens is 1.